The molecule has 6 heteroatoms. The summed E-state index contributed by atoms with van der Waals surface area (Å²) < 4.78 is 5.47. The minimum atomic E-state index is -0.253. The third kappa shape index (κ3) is 4.69. The van der Waals surface area contributed by atoms with Crippen LogP contribution >= 0.6 is 11.6 Å². The minimum Gasteiger partial charge on any atom is -0.375 e. The molecule has 0 saturated heterocycles. The van der Waals surface area contributed by atoms with Crippen molar-refractivity contribution in [3.63, 3.8) is 0 Å². The third-order valence-electron chi connectivity index (χ3n) is 4.03. The van der Waals surface area contributed by atoms with Crippen LogP contribution in [0, 0.1) is 0 Å². The Kier molecular flexibility index (Phi) is 6.58. The van der Waals surface area contributed by atoms with Crippen LogP contribution in [0.5, 0.6) is 0 Å². The lowest BCUT2D eigenvalue weighted by Gasteiger charge is -2.26. The van der Waals surface area contributed by atoms with Gasteiger partial charge in [-0.25, -0.2) is 4.79 Å². The van der Waals surface area contributed by atoms with Gasteiger partial charge < -0.3 is 15.0 Å². The largest absolute Gasteiger partial charge is 0.375 e. The number of halogens is 1. The lowest BCUT2D eigenvalue weighted by Crippen LogP contribution is -2.40. The van der Waals surface area contributed by atoms with Gasteiger partial charge in [-0.15, -0.1) is 0 Å². The molecule has 24 heavy (non-hydrogen) atoms. The summed E-state index contributed by atoms with van der Waals surface area (Å²) in [5, 5.41) is 3.55. The number of nitrogens with one attached hydrogen (secondary N) is 1. The number of pyridine rings is 1. The van der Waals surface area contributed by atoms with Crippen LogP contribution in [0.25, 0.3) is 0 Å². The van der Waals surface area contributed by atoms with Crippen LogP contribution in [-0.4, -0.2) is 36.6 Å². The Bertz CT molecular complexity index is 666. The first-order chi connectivity index (χ1) is 11.5. The molecular weight excluding hydrogens is 326 g/mol. The zero-order chi connectivity index (χ0) is 17.5. The van der Waals surface area contributed by atoms with E-state index in [1.54, 1.807) is 37.5 Å². The van der Waals surface area contributed by atoms with Gasteiger partial charge in [0.2, 0.25) is 0 Å². The van der Waals surface area contributed by atoms with Crippen LogP contribution < -0.4 is 5.32 Å². The van der Waals surface area contributed by atoms with Gasteiger partial charge in [-0.2, -0.15) is 0 Å². The summed E-state index contributed by atoms with van der Waals surface area (Å²) in [4.78, 5) is 18.0. The summed E-state index contributed by atoms with van der Waals surface area (Å²) >= 11 is 6.01. The number of amides is 2. The van der Waals surface area contributed by atoms with Crippen molar-refractivity contribution < 1.29 is 9.53 Å². The molecule has 1 aromatic heterocycles. The number of ether oxygens (including phenoxy) is 1. The number of rotatable bonds is 6. The molecule has 0 bridgehead atoms. The summed E-state index contributed by atoms with van der Waals surface area (Å²) in [7, 11) is 3.38. The molecule has 2 amide bonds. The van der Waals surface area contributed by atoms with E-state index >= 15 is 0 Å². The van der Waals surface area contributed by atoms with Crippen LogP contribution in [0.4, 0.5) is 4.79 Å². The van der Waals surface area contributed by atoms with Crippen LogP contribution in [0.1, 0.15) is 30.2 Å². The van der Waals surface area contributed by atoms with E-state index < -0.39 is 0 Å². The molecule has 0 aliphatic carbocycles. The number of hydrogen-bond donors (Lipinski definition) is 1. The summed E-state index contributed by atoms with van der Waals surface area (Å²) in [6, 6.07) is 11.0. The van der Waals surface area contributed by atoms with Crippen molar-refractivity contribution in [2.24, 2.45) is 0 Å². The zero-order valence-electron chi connectivity index (χ0n) is 14.1. The van der Waals surface area contributed by atoms with Crippen LogP contribution in [-0.2, 0) is 4.74 Å². The van der Waals surface area contributed by atoms with Crippen molar-refractivity contribution in [2.75, 3.05) is 20.7 Å². The van der Waals surface area contributed by atoms with E-state index in [1.165, 1.54) is 0 Å². The highest BCUT2D eigenvalue weighted by molar-refractivity contribution is 6.30. The van der Waals surface area contributed by atoms with E-state index in [4.69, 9.17) is 16.3 Å². The second-order valence-electron chi connectivity index (χ2n) is 5.53. The summed E-state index contributed by atoms with van der Waals surface area (Å²) in [5.41, 5.74) is 1.95. The Morgan fingerprint density at radius 3 is 2.62 bits per heavy atom. The molecule has 0 fully saturated rings. The maximum atomic E-state index is 12.4. The fourth-order valence-corrected chi connectivity index (χ4v) is 2.59. The predicted octanol–water partition coefficient (Wildman–Crippen LogP) is 3.83. The van der Waals surface area contributed by atoms with Crippen LogP contribution in [0.15, 0.2) is 48.8 Å². The number of hydrogen-bond acceptors (Lipinski definition) is 3. The average Bonchev–Trinajstić information content (AvgIpc) is 2.61. The van der Waals surface area contributed by atoms with Crippen molar-refractivity contribution in [3.8, 4) is 0 Å². The molecule has 1 heterocycles. The van der Waals surface area contributed by atoms with Crippen molar-refractivity contribution in [1.82, 2.24) is 15.2 Å². The fourth-order valence-electron chi connectivity index (χ4n) is 2.39. The Morgan fingerprint density at radius 2 is 2.00 bits per heavy atom. The number of benzene rings is 1. The molecule has 2 atom stereocenters. The Labute approximate surface area is 147 Å². The molecule has 1 N–H and O–H groups in total. The van der Waals surface area contributed by atoms with E-state index in [1.807, 2.05) is 37.3 Å². The lowest BCUT2D eigenvalue weighted by atomic mass is 10.1. The van der Waals surface area contributed by atoms with Gasteiger partial charge in [-0.05, 0) is 42.3 Å². The van der Waals surface area contributed by atoms with Crippen molar-refractivity contribution in [2.45, 2.75) is 19.1 Å². The second-order valence-corrected chi connectivity index (χ2v) is 5.97. The van der Waals surface area contributed by atoms with Crippen LogP contribution in [0.3, 0.4) is 0 Å². The zero-order valence-corrected chi connectivity index (χ0v) is 14.8. The van der Waals surface area contributed by atoms with Gasteiger partial charge in [0.25, 0.3) is 0 Å². The van der Waals surface area contributed by atoms with Crippen molar-refractivity contribution in [1.29, 1.82) is 0 Å². The number of carbonyl (C=O) groups is 1. The van der Waals surface area contributed by atoms with Crippen molar-refractivity contribution in [3.05, 3.63) is 64.9 Å². The van der Waals surface area contributed by atoms with Crippen molar-refractivity contribution >= 4 is 17.6 Å². The third-order valence-corrected chi connectivity index (χ3v) is 4.27. The standard InChI is InChI=1S/C18H22ClN3O2/c1-13(14-7-9-20-10-8-14)22(2)18(23)21-12-17(24-3)15-5-4-6-16(19)11-15/h4-11,13,17H,12H2,1-3H3,(H,21,23)/t13-,17-/m1/s1. The topological polar surface area (TPSA) is 54.5 Å². The number of methoxy groups -OCH3 is 1. The summed E-state index contributed by atoms with van der Waals surface area (Å²) in [6.45, 7) is 2.34. The monoisotopic (exact) mass is 347 g/mol. The number of carbonyl (C=O) groups excluding carboxylic acids is 1. The SMILES string of the molecule is CO[C@H](CNC(=O)N(C)[C@H](C)c1ccncc1)c1cccc(Cl)c1. The molecule has 0 unspecified atom stereocenters. The first-order valence-electron chi connectivity index (χ1n) is 7.71. The molecule has 2 aromatic rings. The van der Waals surface area contributed by atoms with Gasteiger partial charge in [-0.3, -0.25) is 4.98 Å². The average molecular weight is 348 g/mol. The molecular formula is C18H22ClN3O2. The van der Waals surface area contributed by atoms with Crippen LogP contribution in [0.2, 0.25) is 5.02 Å². The van der Waals surface area contributed by atoms with E-state index in [-0.39, 0.29) is 18.2 Å². The quantitative estimate of drug-likeness (QED) is 0.864. The Morgan fingerprint density at radius 1 is 1.29 bits per heavy atom. The molecule has 0 saturated carbocycles. The molecule has 2 rings (SSSR count). The summed E-state index contributed by atoms with van der Waals surface area (Å²) in [6.07, 6.45) is 3.19. The predicted molar refractivity (Wildman–Crippen MR) is 95.0 cm³/mol. The lowest BCUT2D eigenvalue weighted by molar-refractivity contribution is 0.101. The summed E-state index contributed by atoms with van der Waals surface area (Å²) in [5.74, 6) is 0. The fraction of sp³-hybridized carbons (Fsp3) is 0.333. The molecule has 5 nitrogen and oxygen atoms in total. The smallest absolute Gasteiger partial charge is 0.317 e. The molecule has 0 radical (unpaired) electrons. The van der Waals surface area contributed by atoms with Gasteiger partial charge in [0.1, 0.15) is 0 Å². The molecule has 0 aliphatic rings. The highest BCUT2D eigenvalue weighted by Gasteiger charge is 2.19. The number of nitrogens with zero attached hydrogens (tertiary/aromatic N) is 2. The van der Waals surface area contributed by atoms with Gasteiger partial charge in [0.05, 0.1) is 12.1 Å². The van der Waals surface area contributed by atoms with Gasteiger partial charge in [0.15, 0.2) is 0 Å². The van der Waals surface area contributed by atoms with Gasteiger partial charge >= 0.3 is 6.03 Å². The first-order valence-corrected chi connectivity index (χ1v) is 8.09. The van der Waals surface area contributed by atoms with E-state index in [0.717, 1.165) is 11.1 Å². The maximum absolute atomic E-state index is 12.4. The highest BCUT2D eigenvalue weighted by atomic mass is 35.5. The van der Waals surface area contributed by atoms with E-state index in [0.29, 0.717) is 11.6 Å². The number of aromatic nitrogens is 1. The van der Waals surface area contributed by atoms with Gasteiger partial charge in [-0.1, -0.05) is 23.7 Å². The Balaban J connectivity index is 1.96. The minimum absolute atomic E-state index is 0.0554. The molecule has 1 aromatic carbocycles. The molecule has 0 spiro atoms. The first kappa shape index (κ1) is 18.2. The molecule has 0 aliphatic heterocycles. The maximum Gasteiger partial charge on any atom is 0.317 e. The van der Waals surface area contributed by atoms with E-state index in [2.05, 4.69) is 10.3 Å². The Hall–Kier alpha value is -2.11. The highest BCUT2D eigenvalue weighted by Crippen LogP contribution is 2.21. The normalized spacial score (nSPS) is 13.2. The van der Waals surface area contributed by atoms with E-state index in [9.17, 15) is 4.79 Å². The molecule has 128 valence electrons. The second kappa shape index (κ2) is 8.66. The van der Waals surface area contributed by atoms with Gasteiger partial charge in [0, 0.05) is 38.1 Å². The number of urea groups is 1.